The van der Waals surface area contributed by atoms with Gasteiger partial charge >= 0.3 is 5.97 Å². The minimum absolute atomic E-state index is 0.0940. The van der Waals surface area contributed by atoms with E-state index in [1.807, 2.05) is 32.0 Å². The third-order valence-electron chi connectivity index (χ3n) is 3.75. The monoisotopic (exact) mass is 384 g/mol. The van der Waals surface area contributed by atoms with Crippen LogP contribution >= 0.6 is 11.6 Å². The summed E-state index contributed by atoms with van der Waals surface area (Å²) in [6.45, 7) is 3.38. The molecule has 138 valence electrons. The molecule has 0 unspecified atom stereocenters. The summed E-state index contributed by atoms with van der Waals surface area (Å²) in [5.41, 5.74) is 3.14. The van der Waals surface area contributed by atoms with Gasteiger partial charge in [0.25, 0.3) is 5.91 Å². The molecular weight excluding hydrogens is 368 g/mol. The third-order valence-corrected chi connectivity index (χ3v) is 4.04. The molecule has 0 atom stereocenters. The summed E-state index contributed by atoms with van der Waals surface area (Å²) in [4.78, 5) is 22.9. The lowest BCUT2D eigenvalue weighted by atomic mass is 10.1. The Labute approximate surface area is 161 Å². The van der Waals surface area contributed by atoms with E-state index in [9.17, 15) is 14.9 Å². The molecule has 0 aliphatic rings. The summed E-state index contributed by atoms with van der Waals surface area (Å²) in [5, 5.41) is 20.8. The van der Waals surface area contributed by atoms with Crippen LogP contribution in [0.25, 0.3) is 6.08 Å². The average Bonchev–Trinajstić information content (AvgIpc) is 2.61. The van der Waals surface area contributed by atoms with Crippen molar-refractivity contribution in [2.75, 3.05) is 11.9 Å². The van der Waals surface area contributed by atoms with Crippen molar-refractivity contribution < 1.29 is 19.4 Å². The van der Waals surface area contributed by atoms with Crippen LogP contribution in [0, 0.1) is 25.2 Å². The highest BCUT2D eigenvalue weighted by atomic mass is 35.5. The number of carbonyl (C=O) groups is 2. The van der Waals surface area contributed by atoms with Crippen molar-refractivity contribution in [3.8, 4) is 11.8 Å². The fourth-order valence-corrected chi connectivity index (χ4v) is 2.44. The number of anilines is 1. The summed E-state index contributed by atoms with van der Waals surface area (Å²) in [6, 6.07) is 11.9. The van der Waals surface area contributed by atoms with Crippen molar-refractivity contribution in [1.82, 2.24) is 0 Å². The van der Waals surface area contributed by atoms with Gasteiger partial charge in [0.15, 0.2) is 6.61 Å². The van der Waals surface area contributed by atoms with Crippen LogP contribution in [-0.2, 0) is 9.59 Å². The van der Waals surface area contributed by atoms with E-state index >= 15 is 0 Å². The van der Waals surface area contributed by atoms with Gasteiger partial charge in [0.05, 0.1) is 5.02 Å². The second kappa shape index (κ2) is 8.88. The van der Waals surface area contributed by atoms with E-state index < -0.39 is 18.5 Å². The van der Waals surface area contributed by atoms with Crippen molar-refractivity contribution in [2.24, 2.45) is 0 Å². The van der Waals surface area contributed by atoms with E-state index in [1.165, 1.54) is 18.2 Å². The maximum atomic E-state index is 12.3. The first-order valence-electron chi connectivity index (χ1n) is 7.94. The molecule has 0 saturated heterocycles. The molecule has 0 bridgehead atoms. The van der Waals surface area contributed by atoms with Gasteiger partial charge < -0.3 is 15.2 Å². The van der Waals surface area contributed by atoms with Crippen LogP contribution in [0.1, 0.15) is 16.7 Å². The average molecular weight is 385 g/mol. The molecular formula is C20H17ClN2O4. The lowest BCUT2D eigenvalue weighted by molar-refractivity contribution is -0.139. The number of nitriles is 1. The summed E-state index contributed by atoms with van der Waals surface area (Å²) in [7, 11) is 0. The summed E-state index contributed by atoms with van der Waals surface area (Å²) in [6.07, 6.45) is 1.39. The number of aliphatic carboxylic acids is 1. The number of carboxylic acids is 1. The van der Waals surface area contributed by atoms with Gasteiger partial charge in [-0.1, -0.05) is 23.7 Å². The first-order valence-corrected chi connectivity index (χ1v) is 8.32. The van der Waals surface area contributed by atoms with E-state index in [0.29, 0.717) is 11.3 Å². The molecule has 7 heteroatoms. The molecule has 0 aliphatic heterocycles. The number of amides is 1. The molecule has 0 aromatic heterocycles. The SMILES string of the molecule is Cc1ccc(NC(=O)/C(C#N)=C/c2ccc(OCC(=O)O)c(Cl)c2)cc1C. The van der Waals surface area contributed by atoms with Crippen molar-refractivity contribution in [2.45, 2.75) is 13.8 Å². The molecule has 2 aromatic carbocycles. The van der Waals surface area contributed by atoms with Gasteiger partial charge in [0, 0.05) is 5.69 Å². The summed E-state index contributed by atoms with van der Waals surface area (Å²) >= 11 is 6.05. The lowest BCUT2D eigenvalue weighted by Gasteiger charge is -2.08. The lowest BCUT2D eigenvalue weighted by Crippen LogP contribution is -2.13. The van der Waals surface area contributed by atoms with Crippen LogP contribution in [0.4, 0.5) is 5.69 Å². The van der Waals surface area contributed by atoms with Crippen LogP contribution in [0.15, 0.2) is 42.0 Å². The Balaban J connectivity index is 2.18. The predicted octanol–water partition coefficient (Wildman–Crippen LogP) is 3.97. The normalized spacial score (nSPS) is 10.8. The molecule has 0 aliphatic carbocycles. The number of carboxylic acid groups (broad SMARTS) is 1. The zero-order valence-corrected chi connectivity index (χ0v) is 15.5. The second-order valence-electron chi connectivity index (χ2n) is 5.80. The molecule has 2 rings (SSSR count). The maximum absolute atomic E-state index is 12.3. The first kappa shape index (κ1) is 20.0. The Morgan fingerprint density at radius 2 is 1.96 bits per heavy atom. The molecule has 0 radical (unpaired) electrons. The number of hydrogen-bond donors (Lipinski definition) is 2. The number of halogens is 1. The summed E-state index contributed by atoms with van der Waals surface area (Å²) in [5.74, 6) is -1.46. The van der Waals surface area contributed by atoms with Gasteiger partial charge in [-0.2, -0.15) is 5.26 Å². The molecule has 1 amide bonds. The maximum Gasteiger partial charge on any atom is 0.341 e. The Hall–Kier alpha value is -3.30. The van der Waals surface area contributed by atoms with E-state index in [0.717, 1.165) is 11.1 Å². The number of hydrogen-bond acceptors (Lipinski definition) is 4. The number of nitrogens with zero attached hydrogens (tertiary/aromatic N) is 1. The summed E-state index contributed by atoms with van der Waals surface area (Å²) < 4.78 is 5.04. The van der Waals surface area contributed by atoms with Crippen molar-refractivity contribution >= 4 is 35.2 Å². The molecule has 2 N–H and O–H groups in total. The van der Waals surface area contributed by atoms with Gasteiger partial charge in [0.1, 0.15) is 17.4 Å². The van der Waals surface area contributed by atoms with E-state index in [4.69, 9.17) is 21.4 Å². The van der Waals surface area contributed by atoms with Gasteiger partial charge in [-0.05, 0) is 60.9 Å². The van der Waals surface area contributed by atoms with Crippen molar-refractivity contribution in [3.63, 3.8) is 0 Å². The van der Waals surface area contributed by atoms with Crippen LogP contribution in [-0.4, -0.2) is 23.6 Å². The quantitative estimate of drug-likeness (QED) is 0.580. The van der Waals surface area contributed by atoms with Crippen LogP contribution in [0.5, 0.6) is 5.75 Å². The highest BCUT2D eigenvalue weighted by molar-refractivity contribution is 6.32. The highest BCUT2D eigenvalue weighted by Gasteiger charge is 2.11. The molecule has 0 heterocycles. The third kappa shape index (κ3) is 5.59. The number of ether oxygens (including phenoxy) is 1. The topological polar surface area (TPSA) is 99.4 Å². The Kier molecular flexibility index (Phi) is 6.58. The molecule has 0 spiro atoms. The van der Waals surface area contributed by atoms with Gasteiger partial charge in [0.2, 0.25) is 0 Å². The molecule has 2 aromatic rings. The van der Waals surface area contributed by atoms with Gasteiger partial charge in [-0.25, -0.2) is 4.79 Å². The van der Waals surface area contributed by atoms with Crippen molar-refractivity contribution in [1.29, 1.82) is 5.26 Å². The highest BCUT2D eigenvalue weighted by Crippen LogP contribution is 2.26. The Morgan fingerprint density at radius 3 is 2.56 bits per heavy atom. The minimum atomic E-state index is -1.12. The van der Waals surface area contributed by atoms with Crippen LogP contribution in [0.3, 0.4) is 0 Å². The van der Waals surface area contributed by atoms with E-state index in [-0.39, 0.29) is 16.3 Å². The number of carbonyl (C=O) groups excluding carboxylic acids is 1. The van der Waals surface area contributed by atoms with Gasteiger partial charge in [-0.3, -0.25) is 4.79 Å². The van der Waals surface area contributed by atoms with Crippen molar-refractivity contribution in [3.05, 3.63) is 63.7 Å². The van der Waals surface area contributed by atoms with Crippen LogP contribution in [0.2, 0.25) is 5.02 Å². The number of aryl methyl sites for hydroxylation is 2. The fraction of sp³-hybridized carbons (Fsp3) is 0.150. The zero-order valence-electron chi connectivity index (χ0n) is 14.7. The fourth-order valence-electron chi connectivity index (χ4n) is 2.20. The number of nitrogens with one attached hydrogen (secondary N) is 1. The van der Waals surface area contributed by atoms with Gasteiger partial charge in [-0.15, -0.1) is 0 Å². The second-order valence-corrected chi connectivity index (χ2v) is 6.20. The molecule has 27 heavy (non-hydrogen) atoms. The van der Waals surface area contributed by atoms with Crippen LogP contribution < -0.4 is 10.1 Å². The van der Waals surface area contributed by atoms with E-state index in [1.54, 1.807) is 12.1 Å². The smallest absolute Gasteiger partial charge is 0.341 e. The number of rotatable bonds is 6. The number of benzene rings is 2. The molecule has 6 nitrogen and oxygen atoms in total. The minimum Gasteiger partial charge on any atom is -0.480 e. The zero-order chi connectivity index (χ0) is 20.0. The van der Waals surface area contributed by atoms with E-state index in [2.05, 4.69) is 5.32 Å². The molecule has 0 saturated carbocycles. The predicted molar refractivity (Wildman–Crippen MR) is 103 cm³/mol. The first-order chi connectivity index (χ1) is 12.8. The standard InChI is InChI=1S/C20H17ClN2O4/c1-12-3-5-16(7-13(12)2)23-20(26)15(10-22)8-14-4-6-18(17(21)9-14)27-11-19(24)25/h3-9H,11H2,1-2H3,(H,23,26)(H,24,25)/b15-8+. The molecule has 0 fully saturated rings. The Morgan fingerprint density at radius 1 is 1.22 bits per heavy atom. The largest absolute Gasteiger partial charge is 0.480 e. The Bertz CT molecular complexity index is 961.